The van der Waals surface area contributed by atoms with Crippen LogP contribution in [0, 0.1) is 11.6 Å². The molecule has 1 fully saturated rings. The van der Waals surface area contributed by atoms with Crippen LogP contribution in [-0.2, 0) is 29.0 Å². The van der Waals surface area contributed by atoms with E-state index in [4.69, 9.17) is 4.74 Å². The van der Waals surface area contributed by atoms with Crippen LogP contribution in [0.5, 0.6) is 0 Å². The zero-order valence-electron chi connectivity index (χ0n) is 17.7. The van der Waals surface area contributed by atoms with Crippen LogP contribution in [0.4, 0.5) is 8.78 Å². The smallest absolute Gasteiger partial charge is 0.226 e. The van der Waals surface area contributed by atoms with Gasteiger partial charge in [0.15, 0.2) is 0 Å². The molecule has 3 aromatic rings. The second-order valence-electron chi connectivity index (χ2n) is 7.82. The fourth-order valence-electron chi connectivity index (χ4n) is 3.67. The van der Waals surface area contributed by atoms with Gasteiger partial charge in [-0.2, -0.15) is 0 Å². The third-order valence-corrected chi connectivity index (χ3v) is 5.40. The standard InChI is InChI=1S/C25H25F2N3O2/c26-21-3-1-2-18(12-21)15-29-25(31)14-22-6-5-20(16-28-22)23-7-4-19(13-24(23)27)17-30-8-10-32-11-9-30/h1-7,12-13,16H,8-11,14-15,17H2,(H,29,31). The van der Waals surface area contributed by atoms with Crippen LogP contribution in [0.25, 0.3) is 11.1 Å². The van der Waals surface area contributed by atoms with Crippen molar-refractivity contribution in [2.45, 2.75) is 19.5 Å². The average molecular weight is 437 g/mol. The van der Waals surface area contributed by atoms with E-state index in [9.17, 15) is 13.6 Å². The number of pyridine rings is 1. The van der Waals surface area contributed by atoms with Crippen molar-refractivity contribution in [3.8, 4) is 11.1 Å². The first-order chi connectivity index (χ1) is 15.6. The Kier molecular flexibility index (Phi) is 7.19. The van der Waals surface area contributed by atoms with E-state index in [-0.39, 0.29) is 30.5 Å². The first kappa shape index (κ1) is 22.0. The van der Waals surface area contributed by atoms with Gasteiger partial charge in [0.25, 0.3) is 0 Å². The van der Waals surface area contributed by atoms with Crippen LogP contribution < -0.4 is 5.32 Å². The number of nitrogens with zero attached hydrogens (tertiary/aromatic N) is 2. The van der Waals surface area contributed by atoms with Crippen molar-refractivity contribution in [1.29, 1.82) is 0 Å². The van der Waals surface area contributed by atoms with Gasteiger partial charge in [0, 0.05) is 49.2 Å². The molecule has 1 amide bonds. The predicted octanol–water partition coefficient (Wildman–Crippen LogP) is 3.72. The summed E-state index contributed by atoms with van der Waals surface area (Å²) in [5.74, 6) is -0.846. The second-order valence-corrected chi connectivity index (χ2v) is 7.82. The van der Waals surface area contributed by atoms with Crippen molar-refractivity contribution in [3.63, 3.8) is 0 Å². The Balaban J connectivity index is 1.34. The summed E-state index contributed by atoms with van der Waals surface area (Å²) >= 11 is 0. The minimum atomic E-state index is -0.338. The molecule has 7 heteroatoms. The van der Waals surface area contributed by atoms with Gasteiger partial charge in [-0.05, 0) is 35.4 Å². The Labute approximate surface area is 186 Å². The van der Waals surface area contributed by atoms with Crippen LogP contribution >= 0.6 is 0 Å². The van der Waals surface area contributed by atoms with Crippen LogP contribution in [0.15, 0.2) is 60.8 Å². The Morgan fingerprint density at radius 1 is 1.03 bits per heavy atom. The summed E-state index contributed by atoms with van der Waals surface area (Å²) in [4.78, 5) is 18.7. The predicted molar refractivity (Wildman–Crippen MR) is 118 cm³/mol. The Bertz CT molecular complexity index is 1070. The van der Waals surface area contributed by atoms with Gasteiger partial charge in [-0.1, -0.05) is 30.3 Å². The zero-order chi connectivity index (χ0) is 22.3. The van der Waals surface area contributed by atoms with Crippen molar-refractivity contribution in [2.75, 3.05) is 26.3 Å². The summed E-state index contributed by atoms with van der Waals surface area (Å²) < 4.78 is 33.3. The number of carbonyl (C=O) groups excluding carboxylic acids is 1. The molecular formula is C25H25F2N3O2. The van der Waals surface area contributed by atoms with E-state index in [1.807, 2.05) is 6.07 Å². The van der Waals surface area contributed by atoms with Gasteiger partial charge in [0.05, 0.1) is 19.6 Å². The number of aromatic nitrogens is 1. The van der Waals surface area contributed by atoms with E-state index in [0.29, 0.717) is 42.1 Å². The number of morpholine rings is 1. The van der Waals surface area contributed by atoms with E-state index in [1.165, 1.54) is 12.1 Å². The first-order valence-electron chi connectivity index (χ1n) is 10.6. The second kappa shape index (κ2) is 10.4. The van der Waals surface area contributed by atoms with Crippen molar-refractivity contribution in [1.82, 2.24) is 15.2 Å². The molecule has 1 saturated heterocycles. The first-order valence-corrected chi connectivity index (χ1v) is 10.6. The molecule has 1 aromatic heterocycles. The van der Waals surface area contributed by atoms with E-state index in [1.54, 1.807) is 42.6 Å². The molecule has 32 heavy (non-hydrogen) atoms. The molecule has 0 spiro atoms. The molecule has 0 unspecified atom stereocenters. The average Bonchev–Trinajstić information content (AvgIpc) is 2.79. The van der Waals surface area contributed by atoms with Crippen molar-refractivity contribution < 1.29 is 18.3 Å². The number of hydrogen-bond acceptors (Lipinski definition) is 4. The van der Waals surface area contributed by atoms with Gasteiger partial charge in [-0.15, -0.1) is 0 Å². The zero-order valence-corrected chi connectivity index (χ0v) is 17.7. The molecule has 5 nitrogen and oxygen atoms in total. The topological polar surface area (TPSA) is 54.5 Å². The maximum atomic E-state index is 14.7. The number of rotatable bonds is 7. The molecule has 1 N–H and O–H groups in total. The van der Waals surface area contributed by atoms with Gasteiger partial charge in [-0.3, -0.25) is 14.7 Å². The molecular weight excluding hydrogens is 412 g/mol. The van der Waals surface area contributed by atoms with Crippen molar-refractivity contribution in [3.05, 3.63) is 89.2 Å². The third-order valence-electron chi connectivity index (χ3n) is 5.40. The highest BCUT2D eigenvalue weighted by Crippen LogP contribution is 2.24. The molecule has 0 bridgehead atoms. The maximum Gasteiger partial charge on any atom is 0.226 e. The number of carbonyl (C=O) groups is 1. The van der Waals surface area contributed by atoms with Crippen LogP contribution in [0.2, 0.25) is 0 Å². The highest BCUT2D eigenvalue weighted by molar-refractivity contribution is 5.78. The Morgan fingerprint density at radius 3 is 2.59 bits per heavy atom. The maximum absolute atomic E-state index is 14.7. The number of ether oxygens (including phenoxy) is 1. The van der Waals surface area contributed by atoms with Gasteiger partial charge < -0.3 is 10.1 Å². The van der Waals surface area contributed by atoms with Crippen molar-refractivity contribution in [2.24, 2.45) is 0 Å². The summed E-state index contributed by atoms with van der Waals surface area (Å²) in [7, 11) is 0. The lowest BCUT2D eigenvalue weighted by molar-refractivity contribution is -0.120. The molecule has 0 saturated carbocycles. The van der Waals surface area contributed by atoms with E-state index in [2.05, 4.69) is 15.2 Å². The molecule has 166 valence electrons. The summed E-state index contributed by atoms with van der Waals surface area (Å²) in [6.07, 6.45) is 1.67. The van der Waals surface area contributed by atoms with Crippen LogP contribution in [-0.4, -0.2) is 42.1 Å². The fraction of sp³-hybridized carbons (Fsp3) is 0.280. The van der Waals surface area contributed by atoms with Crippen LogP contribution in [0.1, 0.15) is 16.8 Å². The summed E-state index contributed by atoms with van der Waals surface area (Å²) in [5.41, 5.74) is 3.33. The quantitative estimate of drug-likeness (QED) is 0.612. The van der Waals surface area contributed by atoms with Gasteiger partial charge >= 0.3 is 0 Å². The number of amides is 1. The minimum absolute atomic E-state index is 0.0938. The minimum Gasteiger partial charge on any atom is -0.379 e. The largest absolute Gasteiger partial charge is 0.379 e. The molecule has 2 heterocycles. The van der Waals surface area contributed by atoms with Gasteiger partial charge in [-0.25, -0.2) is 8.78 Å². The molecule has 2 aromatic carbocycles. The lowest BCUT2D eigenvalue weighted by atomic mass is 10.0. The number of nitrogens with one attached hydrogen (secondary N) is 1. The van der Waals surface area contributed by atoms with E-state index < -0.39 is 0 Å². The Hall–Kier alpha value is -3.16. The highest BCUT2D eigenvalue weighted by Gasteiger charge is 2.13. The lowest BCUT2D eigenvalue weighted by Gasteiger charge is -2.26. The molecule has 0 atom stereocenters. The third kappa shape index (κ3) is 5.96. The molecule has 1 aliphatic rings. The molecule has 4 rings (SSSR count). The summed E-state index contributed by atoms with van der Waals surface area (Å²) in [5, 5.41) is 2.75. The number of benzene rings is 2. The summed E-state index contributed by atoms with van der Waals surface area (Å²) in [6.45, 7) is 4.07. The Morgan fingerprint density at radius 2 is 1.88 bits per heavy atom. The van der Waals surface area contributed by atoms with E-state index >= 15 is 0 Å². The van der Waals surface area contributed by atoms with E-state index in [0.717, 1.165) is 18.7 Å². The summed E-state index contributed by atoms with van der Waals surface area (Å²) in [6, 6.07) is 14.8. The monoisotopic (exact) mass is 437 g/mol. The normalized spacial score (nSPS) is 14.3. The SMILES string of the molecule is O=C(Cc1ccc(-c2ccc(CN3CCOCC3)cc2F)cn1)NCc1cccc(F)c1. The highest BCUT2D eigenvalue weighted by atomic mass is 19.1. The molecule has 0 aliphatic carbocycles. The lowest BCUT2D eigenvalue weighted by Crippen LogP contribution is -2.35. The fourth-order valence-corrected chi connectivity index (χ4v) is 3.67. The number of halogens is 2. The van der Waals surface area contributed by atoms with Crippen molar-refractivity contribution >= 4 is 5.91 Å². The molecule has 0 radical (unpaired) electrons. The molecule has 1 aliphatic heterocycles. The van der Waals surface area contributed by atoms with Gasteiger partial charge in [0.2, 0.25) is 5.91 Å². The van der Waals surface area contributed by atoms with Crippen LogP contribution in [0.3, 0.4) is 0 Å². The number of hydrogen-bond donors (Lipinski definition) is 1. The van der Waals surface area contributed by atoms with Gasteiger partial charge in [0.1, 0.15) is 11.6 Å².